The molecule has 0 aliphatic carbocycles. The number of nitrogens with two attached hydrogens (primary N) is 1. The van der Waals surface area contributed by atoms with Crippen molar-refractivity contribution < 1.29 is 19.7 Å². The van der Waals surface area contributed by atoms with Crippen molar-refractivity contribution in [2.75, 3.05) is 12.3 Å². The molecule has 0 fully saturated rings. The first kappa shape index (κ1) is 13.5. The van der Waals surface area contributed by atoms with E-state index in [-0.39, 0.29) is 18.8 Å². The van der Waals surface area contributed by atoms with Crippen LogP contribution in [0, 0.1) is 0 Å². The van der Waals surface area contributed by atoms with Crippen molar-refractivity contribution in [1.29, 1.82) is 0 Å². The maximum atomic E-state index is 11.1. The predicted molar refractivity (Wildman–Crippen MR) is 59.8 cm³/mol. The largest absolute Gasteiger partial charge is 0.466 e. The van der Waals surface area contributed by atoms with E-state index < -0.39 is 18.2 Å². The van der Waals surface area contributed by atoms with Crippen LogP contribution in [0.4, 0.5) is 5.82 Å². The maximum absolute atomic E-state index is 11.1. The highest BCUT2D eigenvalue weighted by Crippen LogP contribution is 2.23. The topological polar surface area (TPSA) is 111 Å². The van der Waals surface area contributed by atoms with Crippen LogP contribution in [0.2, 0.25) is 0 Å². The summed E-state index contributed by atoms with van der Waals surface area (Å²) in [7, 11) is 1.64. The lowest BCUT2D eigenvalue weighted by Crippen LogP contribution is -2.23. The van der Waals surface area contributed by atoms with Gasteiger partial charge >= 0.3 is 5.97 Å². The SMILES string of the molecule is CCOC(=O)CC(O)C(O)c1cn(C)nc1N. The van der Waals surface area contributed by atoms with Crippen molar-refractivity contribution in [2.45, 2.75) is 25.6 Å². The number of esters is 1. The predicted octanol–water partition coefficient (Wildman–Crippen LogP) is -0.650. The zero-order chi connectivity index (χ0) is 13.0. The molecule has 96 valence electrons. The minimum absolute atomic E-state index is 0.128. The first-order chi connectivity index (χ1) is 7.95. The highest BCUT2D eigenvalue weighted by Gasteiger charge is 2.25. The smallest absolute Gasteiger partial charge is 0.308 e. The number of carbonyl (C=O) groups is 1. The molecule has 0 amide bonds. The van der Waals surface area contributed by atoms with Crippen LogP contribution in [-0.4, -0.2) is 38.7 Å². The van der Waals surface area contributed by atoms with Crippen LogP contribution in [0.1, 0.15) is 25.0 Å². The molecule has 0 aromatic carbocycles. The molecule has 0 bridgehead atoms. The Kier molecular flexibility index (Phi) is 4.47. The summed E-state index contributed by atoms with van der Waals surface area (Å²) < 4.78 is 6.09. The molecule has 7 nitrogen and oxygen atoms in total. The number of anilines is 1. The number of hydrogen-bond donors (Lipinski definition) is 3. The average Bonchev–Trinajstić information content (AvgIpc) is 2.56. The monoisotopic (exact) mass is 243 g/mol. The fraction of sp³-hybridized carbons (Fsp3) is 0.600. The van der Waals surface area contributed by atoms with E-state index in [9.17, 15) is 15.0 Å². The molecule has 1 aromatic rings. The molecule has 0 saturated heterocycles. The van der Waals surface area contributed by atoms with Crippen LogP contribution in [0.15, 0.2) is 6.20 Å². The van der Waals surface area contributed by atoms with Crippen molar-refractivity contribution >= 4 is 11.8 Å². The Morgan fingerprint density at radius 2 is 2.29 bits per heavy atom. The molecular formula is C10H17N3O4. The van der Waals surface area contributed by atoms with Gasteiger partial charge in [0.25, 0.3) is 0 Å². The van der Waals surface area contributed by atoms with Crippen molar-refractivity contribution in [3.05, 3.63) is 11.8 Å². The van der Waals surface area contributed by atoms with Crippen LogP contribution < -0.4 is 5.73 Å². The van der Waals surface area contributed by atoms with Crippen LogP contribution in [-0.2, 0) is 16.6 Å². The van der Waals surface area contributed by atoms with E-state index in [1.54, 1.807) is 14.0 Å². The molecule has 0 spiro atoms. The molecule has 2 unspecified atom stereocenters. The Morgan fingerprint density at radius 3 is 2.76 bits per heavy atom. The Morgan fingerprint density at radius 1 is 1.65 bits per heavy atom. The second kappa shape index (κ2) is 5.65. The van der Waals surface area contributed by atoms with Crippen molar-refractivity contribution in [2.24, 2.45) is 7.05 Å². The van der Waals surface area contributed by atoms with E-state index >= 15 is 0 Å². The third-order valence-electron chi connectivity index (χ3n) is 2.25. The van der Waals surface area contributed by atoms with Gasteiger partial charge in [0.15, 0.2) is 5.82 Å². The maximum Gasteiger partial charge on any atom is 0.308 e. The zero-order valence-electron chi connectivity index (χ0n) is 9.83. The van der Waals surface area contributed by atoms with E-state index in [1.165, 1.54) is 10.9 Å². The molecule has 1 rings (SSSR count). The number of rotatable bonds is 5. The third kappa shape index (κ3) is 3.43. The quantitative estimate of drug-likeness (QED) is 0.593. The summed E-state index contributed by atoms with van der Waals surface area (Å²) in [6, 6.07) is 0. The Labute approximate surface area is 98.8 Å². The normalized spacial score (nSPS) is 14.4. The van der Waals surface area contributed by atoms with Crippen molar-refractivity contribution in [3.63, 3.8) is 0 Å². The molecule has 1 aromatic heterocycles. The second-order valence-electron chi connectivity index (χ2n) is 3.66. The molecule has 7 heteroatoms. The lowest BCUT2D eigenvalue weighted by Gasteiger charge is -2.16. The molecule has 4 N–H and O–H groups in total. The number of nitrogen functional groups attached to an aromatic ring is 1. The van der Waals surface area contributed by atoms with Gasteiger partial charge in [-0.15, -0.1) is 0 Å². The van der Waals surface area contributed by atoms with E-state index in [0.29, 0.717) is 5.56 Å². The number of aryl methyl sites for hydroxylation is 1. The zero-order valence-corrected chi connectivity index (χ0v) is 9.83. The lowest BCUT2D eigenvalue weighted by atomic mass is 10.0. The van der Waals surface area contributed by atoms with Gasteiger partial charge in [0.1, 0.15) is 6.10 Å². The fourth-order valence-corrected chi connectivity index (χ4v) is 1.46. The summed E-state index contributed by atoms with van der Waals surface area (Å²) in [4.78, 5) is 11.1. The molecule has 0 radical (unpaired) electrons. The highest BCUT2D eigenvalue weighted by molar-refractivity contribution is 5.70. The van der Waals surface area contributed by atoms with E-state index in [2.05, 4.69) is 9.84 Å². The number of aliphatic hydroxyl groups is 2. The minimum Gasteiger partial charge on any atom is -0.466 e. The molecule has 1 heterocycles. The van der Waals surface area contributed by atoms with Crippen LogP contribution in [0.3, 0.4) is 0 Å². The second-order valence-corrected chi connectivity index (χ2v) is 3.66. The Bertz CT molecular complexity index is 391. The Balaban J connectivity index is 2.66. The van der Waals surface area contributed by atoms with Gasteiger partial charge in [-0.1, -0.05) is 0 Å². The summed E-state index contributed by atoms with van der Waals surface area (Å²) in [6.07, 6.45) is -1.31. The molecule has 0 aliphatic heterocycles. The summed E-state index contributed by atoms with van der Waals surface area (Å²) in [5.74, 6) is -0.440. The number of nitrogens with zero attached hydrogens (tertiary/aromatic N) is 2. The van der Waals surface area contributed by atoms with Gasteiger partial charge < -0.3 is 20.7 Å². The van der Waals surface area contributed by atoms with Crippen LogP contribution in [0.25, 0.3) is 0 Å². The molecular weight excluding hydrogens is 226 g/mol. The van der Waals surface area contributed by atoms with Gasteiger partial charge in [-0.25, -0.2) is 0 Å². The summed E-state index contributed by atoms with van der Waals surface area (Å²) in [5.41, 5.74) is 5.85. The van der Waals surface area contributed by atoms with Gasteiger partial charge in [-0.3, -0.25) is 9.48 Å². The Hall–Kier alpha value is -1.60. The molecule has 0 saturated carbocycles. The number of aromatic nitrogens is 2. The summed E-state index contributed by atoms with van der Waals surface area (Å²) in [5, 5.41) is 23.3. The molecule has 17 heavy (non-hydrogen) atoms. The molecule has 0 aliphatic rings. The average molecular weight is 243 g/mol. The standard InChI is InChI=1S/C10H17N3O4/c1-3-17-8(15)4-7(14)9(16)6-5-13(2)12-10(6)11/h5,7,9,14,16H,3-4H2,1-2H3,(H2,11,12). The number of aliphatic hydroxyl groups excluding tert-OH is 2. The van der Waals surface area contributed by atoms with Gasteiger partial charge in [0, 0.05) is 18.8 Å². The third-order valence-corrected chi connectivity index (χ3v) is 2.25. The first-order valence-corrected chi connectivity index (χ1v) is 5.26. The van der Waals surface area contributed by atoms with E-state index in [4.69, 9.17) is 5.73 Å². The number of carbonyl (C=O) groups excluding carboxylic acids is 1. The first-order valence-electron chi connectivity index (χ1n) is 5.26. The van der Waals surface area contributed by atoms with Crippen molar-refractivity contribution in [3.8, 4) is 0 Å². The van der Waals surface area contributed by atoms with E-state index in [1.807, 2.05) is 0 Å². The lowest BCUT2D eigenvalue weighted by molar-refractivity contribution is -0.147. The minimum atomic E-state index is -1.26. The van der Waals surface area contributed by atoms with Gasteiger partial charge in [-0.2, -0.15) is 5.10 Å². The summed E-state index contributed by atoms with van der Waals surface area (Å²) in [6.45, 7) is 1.90. The van der Waals surface area contributed by atoms with Crippen LogP contribution in [0.5, 0.6) is 0 Å². The van der Waals surface area contributed by atoms with Gasteiger partial charge in [0.05, 0.1) is 19.1 Å². The number of ether oxygens (including phenoxy) is 1. The molecule has 2 atom stereocenters. The van der Waals surface area contributed by atoms with Crippen LogP contribution >= 0.6 is 0 Å². The fourth-order valence-electron chi connectivity index (χ4n) is 1.46. The van der Waals surface area contributed by atoms with Gasteiger partial charge in [0.2, 0.25) is 0 Å². The highest BCUT2D eigenvalue weighted by atomic mass is 16.5. The van der Waals surface area contributed by atoms with Crippen molar-refractivity contribution in [1.82, 2.24) is 9.78 Å². The number of hydrogen-bond acceptors (Lipinski definition) is 6. The van der Waals surface area contributed by atoms with Gasteiger partial charge in [-0.05, 0) is 6.92 Å². The summed E-state index contributed by atoms with van der Waals surface area (Å²) >= 11 is 0. The van der Waals surface area contributed by atoms with E-state index in [0.717, 1.165) is 0 Å².